The van der Waals surface area contributed by atoms with Crippen LogP contribution in [0.15, 0.2) is 48.5 Å². The molecule has 0 aliphatic carbocycles. The Morgan fingerprint density at radius 1 is 1.03 bits per heavy atom. The molecular weight excluding hydrogens is 426 g/mol. The third-order valence-corrected chi connectivity index (χ3v) is 6.85. The first-order valence-corrected chi connectivity index (χ1v) is 12.7. The van der Waals surface area contributed by atoms with E-state index in [-0.39, 0.29) is 35.9 Å². The first-order chi connectivity index (χ1) is 16.2. The highest BCUT2D eigenvalue weighted by atomic mass is 16.5. The van der Waals surface area contributed by atoms with Crippen molar-refractivity contribution in [1.82, 2.24) is 4.90 Å². The number of carbonyl (C=O) groups excluding carboxylic acids is 1. The van der Waals surface area contributed by atoms with Crippen molar-refractivity contribution in [3.63, 3.8) is 0 Å². The normalized spacial score (nSPS) is 22.4. The van der Waals surface area contributed by atoms with Gasteiger partial charge in [-0.1, -0.05) is 30.3 Å². The van der Waals surface area contributed by atoms with E-state index in [1.807, 2.05) is 49.9 Å². The fraction of sp³-hybridized carbons (Fsp3) is 0.552. The maximum atomic E-state index is 13.3. The van der Waals surface area contributed by atoms with Gasteiger partial charge in [-0.15, -0.1) is 0 Å². The Morgan fingerprint density at radius 2 is 1.74 bits per heavy atom. The van der Waals surface area contributed by atoms with Crippen molar-refractivity contribution in [2.45, 2.75) is 90.3 Å². The molecule has 2 aliphatic heterocycles. The molecule has 2 atom stereocenters. The second-order valence-corrected chi connectivity index (χ2v) is 10.4. The van der Waals surface area contributed by atoms with Crippen LogP contribution < -0.4 is 4.74 Å². The Hall–Kier alpha value is -2.37. The van der Waals surface area contributed by atoms with E-state index in [0.717, 1.165) is 42.6 Å². The van der Waals surface area contributed by atoms with Crippen LogP contribution in [0.4, 0.5) is 0 Å². The molecule has 0 radical (unpaired) electrons. The summed E-state index contributed by atoms with van der Waals surface area (Å²) in [5.41, 5.74) is 2.66. The zero-order valence-electron chi connectivity index (χ0n) is 21.3. The lowest BCUT2D eigenvalue weighted by atomic mass is 9.80. The maximum absolute atomic E-state index is 13.3. The summed E-state index contributed by atoms with van der Waals surface area (Å²) in [6, 6.07) is 16.2. The number of hydrogen-bond acceptors (Lipinski definition) is 4. The summed E-state index contributed by atoms with van der Waals surface area (Å²) in [5.74, 6) is 0.919. The molecule has 0 bridgehead atoms. The van der Waals surface area contributed by atoms with Crippen LogP contribution in [-0.2, 0) is 9.47 Å². The summed E-state index contributed by atoms with van der Waals surface area (Å²) in [4.78, 5) is 15.2. The van der Waals surface area contributed by atoms with E-state index >= 15 is 0 Å². The zero-order valence-corrected chi connectivity index (χ0v) is 21.3. The second kappa shape index (κ2) is 10.5. The summed E-state index contributed by atoms with van der Waals surface area (Å²) in [6.07, 6.45) is 3.89. The van der Waals surface area contributed by atoms with Crippen LogP contribution >= 0.6 is 0 Å². The fourth-order valence-electron chi connectivity index (χ4n) is 5.29. The molecule has 1 amide bonds. The summed E-state index contributed by atoms with van der Waals surface area (Å²) in [5, 5.41) is 0. The van der Waals surface area contributed by atoms with Crippen molar-refractivity contribution in [2.75, 3.05) is 13.1 Å². The van der Waals surface area contributed by atoms with Gasteiger partial charge in [0.25, 0.3) is 5.91 Å². The highest BCUT2D eigenvalue weighted by Gasteiger charge is 2.45. The van der Waals surface area contributed by atoms with Gasteiger partial charge in [-0.25, -0.2) is 0 Å². The van der Waals surface area contributed by atoms with Crippen molar-refractivity contribution in [1.29, 1.82) is 0 Å². The SMILES string of the molecule is Cc1cc(C(=O)N2CCC3(CC2)C[C@@H](OC(C)C)C[C@@H](c2ccccc2)O3)ccc1OC(C)C. The quantitative estimate of drug-likeness (QED) is 0.517. The average molecular weight is 466 g/mol. The molecule has 5 heteroatoms. The van der Waals surface area contributed by atoms with Crippen molar-refractivity contribution < 1.29 is 19.0 Å². The maximum Gasteiger partial charge on any atom is 0.253 e. The number of rotatable bonds is 6. The van der Waals surface area contributed by atoms with E-state index in [1.165, 1.54) is 5.56 Å². The van der Waals surface area contributed by atoms with Gasteiger partial charge < -0.3 is 19.1 Å². The molecule has 1 spiro atoms. The monoisotopic (exact) mass is 465 g/mol. The molecule has 0 unspecified atom stereocenters. The number of benzene rings is 2. The van der Waals surface area contributed by atoms with E-state index in [9.17, 15) is 4.79 Å². The molecule has 2 aliphatic rings. The van der Waals surface area contributed by atoms with E-state index in [4.69, 9.17) is 14.2 Å². The van der Waals surface area contributed by atoms with Crippen molar-refractivity contribution in [3.8, 4) is 5.75 Å². The number of ether oxygens (including phenoxy) is 3. The Balaban J connectivity index is 1.45. The Kier molecular flexibility index (Phi) is 7.63. The molecule has 5 nitrogen and oxygen atoms in total. The molecule has 4 rings (SSSR count). The Labute approximate surface area is 204 Å². The van der Waals surface area contributed by atoms with Crippen molar-refractivity contribution in [2.24, 2.45) is 0 Å². The van der Waals surface area contributed by atoms with E-state index in [2.05, 4.69) is 38.1 Å². The first kappa shape index (κ1) is 24.7. The van der Waals surface area contributed by atoms with Gasteiger partial charge in [-0.05, 0) is 76.8 Å². The minimum Gasteiger partial charge on any atom is -0.491 e. The lowest BCUT2D eigenvalue weighted by Gasteiger charge is -2.49. The molecule has 2 heterocycles. The minimum atomic E-state index is -0.250. The molecule has 2 saturated heterocycles. The van der Waals surface area contributed by atoms with Crippen LogP contribution in [0.3, 0.4) is 0 Å². The van der Waals surface area contributed by atoms with E-state index in [0.29, 0.717) is 13.1 Å². The van der Waals surface area contributed by atoms with Crippen LogP contribution in [-0.4, -0.2) is 47.8 Å². The number of aryl methyl sites for hydroxylation is 1. The molecule has 0 N–H and O–H groups in total. The van der Waals surface area contributed by atoms with Crippen molar-refractivity contribution >= 4 is 5.91 Å². The first-order valence-electron chi connectivity index (χ1n) is 12.7. The molecule has 2 aromatic rings. The third kappa shape index (κ3) is 5.81. The average Bonchev–Trinajstić information content (AvgIpc) is 2.80. The standard InChI is InChI=1S/C29H39NO4/c1-20(2)32-25-18-27(23-9-7-6-8-10-23)34-29(19-25)13-15-30(16-14-29)28(31)24-11-12-26(22(5)17-24)33-21(3)4/h6-12,17,20-21,25,27H,13-16,18-19H2,1-5H3/t25-,27-/m0/s1. The fourth-order valence-corrected chi connectivity index (χ4v) is 5.29. The van der Waals surface area contributed by atoms with Gasteiger partial charge in [0.05, 0.1) is 30.0 Å². The van der Waals surface area contributed by atoms with Gasteiger partial charge in [-0.3, -0.25) is 4.79 Å². The Morgan fingerprint density at radius 3 is 2.35 bits per heavy atom. The number of piperidine rings is 1. The number of likely N-dealkylation sites (tertiary alicyclic amines) is 1. The van der Waals surface area contributed by atoms with Gasteiger partial charge in [0.2, 0.25) is 0 Å². The van der Waals surface area contributed by atoms with E-state index < -0.39 is 0 Å². The number of carbonyl (C=O) groups is 1. The predicted octanol–water partition coefficient (Wildman–Crippen LogP) is 6.10. The topological polar surface area (TPSA) is 48.0 Å². The van der Waals surface area contributed by atoms with Crippen molar-refractivity contribution in [3.05, 3.63) is 65.2 Å². The summed E-state index contributed by atoms with van der Waals surface area (Å²) in [7, 11) is 0. The number of nitrogens with zero attached hydrogens (tertiary/aromatic N) is 1. The molecule has 2 fully saturated rings. The van der Waals surface area contributed by atoms with Gasteiger partial charge >= 0.3 is 0 Å². The summed E-state index contributed by atoms with van der Waals surface area (Å²) < 4.78 is 18.9. The van der Waals surface area contributed by atoms with Crippen LogP contribution in [0.2, 0.25) is 0 Å². The molecule has 0 saturated carbocycles. The van der Waals surface area contributed by atoms with Crippen LogP contribution in [0.25, 0.3) is 0 Å². The number of amides is 1. The molecular formula is C29H39NO4. The highest BCUT2D eigenvalue weighted by molar-refractivity contribution is 5.94. The minimum absolute atomic E-state index is 0.0251. The highest BCUT2D eigenvalue weighted by Crippen LogP contribution is 2.44. The molecule has 2 aromatic carbocycles. The number of hydrogen-bond donors (Lipinski definition) is 0. The largest absolute Gasteiger partial charge is 0.491 e. The van der Waals surface area contributed by atoms with Gasteiger partial charge in [-0.2, -0.15) is 0 Å². The van der Waals surface area contributed by atoms with Gasteiger partial charge in [0.15, 0.2) is 0 Å². The lowest BCUT2D eigenvalue weighted by molar-refractivity contribution is -0.197. The molecule has 34 heavy (non-hydrogen) atoms. The van der Waals surface area contributed by atoms with Gasteiger partial charge in [0.1, 0.15) is 5.75 Å². The lowest BCUT2D eigenvalue weighted by Crippen LogP contribution is -2.52. The third-order valence-electron chi connectivity index (χ3n) is 6.85. The van der Waals surface area contributed by atoms with Crippen LogP contribution in [0.1, 0.15) is 81.0 Å². The smallest absolute Gasteiger partial charge is 0.253 e. The van der Waals surface area contributed by atoms with E-state index in [1.54, 1.807) is 0 Å². The summed E-state index contributed by atoms with van der Waals surface area (Å²) >= 11 is 0. The van der Waals surface area contributed by atoms with Crippen LogP contribution in [0.5, 0.6) is 5.75 Å². The van der Waals surface area contributed by atoms with Crippen LogP contribution in [0, 0.1) is 6.92 Å². The summed E-state index contributed by atoms with van der Waals surface area (Å²) in [6.45, 7) is 11.6. The zero-order chi connectivity index (χ0) is 24.3. The molecule has 184 valence electrons. The van der Waals surface area contributed by atoms with Gasteiger partial charge in [0, 0.05) is 31.5 Å². The predicted molar refractivity (Wildman–Crippen MR) is 134 cm³/mol. The second-order valence-electron chi connectivity index (χ2n) is 10.4. The molecule has 0 aromatic heterocycles. The Bertz CT molecular complexity index is 963.